The maximum absolute atomic E-state index is 9.15. The van der Waals surface area contributed by atoms with Gasteiger partial charge in [-0.25, -0.2) is 0 Å². The summed E-state index contributed by atoms with van der Waals surface area (Å²) >= 11 is 2.08. The van der Waals surface area contributed by atoms with Crippen molar-refractivity contribution in [1.82, 2.24) is 5.32 Å². The van der Waals surface area contributed by atoms with E-state index in [9.17, 15) is 0 Å². The van der Waals surface area contributed by atoms with E-state index in [1.165, 1.54) is 19.3 Å². The maximum Gasteiger partial charge on any atom is 0.0464 e. The van der Waals surface area contributed by atoms with Crippen LogP contribution in [0.5, 0.6) is 0 Å². The zero-order valence-electron chi connectivity index (χ0n) is 12.5. The van der Waals surface area contributed by atoms with E-state index in [0.717, 1.165) is 29.4 Å². The molecule has 0 amide bonds. The Balaban J connectivity index is 2.51. The second-order valence-electron chi connectivity index (χ2n) is 6.20. The third-order valence-electron chi connectivity index (χ3n) is 3.93. The van der Waals surface area contributed by atoms with Gasteiger partial charge >= 0.3 is 0 Å². The number of thioether (sulfide) groups is 1. The lowest BCUT2D eigenvalue weighted by atomic mass is 9.80. The Morgan fingerprint density at radius 2 is 2.06 bits per heavy atom. The van der Waals surface area contributed by atoms with E-state index in [2.05, 4.69) is 44.8 Å². The minimum absolute atomic E-state index is 0.317. The second-order valence-corrected chi connectivity index (χ2v) is 7.41. The summed E-state index contributed by atoms with van der Waals surface area (Å²) in [5.41, 5.74) is 0. The molecular weight excluding hydrogens is 242 g/mol. The standard InChI is InChI=1S/C15H31NOS/c1-5-6-16-14-8-11(2)7-13(4)15(14)18-10-12(3)9-17/h11-17H,5-10H2,1-4H3. The largest absolute Gasteiger partial charge is 0.396 e. The first-order valence-electron chi connectivity index (χ1n) is 7.54. The molecular formula is C15H31NOS. The molecule has 1 aliphatic rings. The smallest absolute Gasteiger partial charge is 0.0464 e. The fourth-order valence-corrected chi connectivity index (χ4v) is 4.50. The zero-order valence-corrected chi connectivity index (χ0v) is 13.3. The topological polar surface area (TPSA) is 32.3 Å². The Bertz CT molecular complexity index is 225. The molecule has 5 unspecified atom stereocenters. The fourth-order valence-electron chi connectivity index (χ4n) is 2.97. The highest BCUT2D eigenvalue weighted by atomic mass is 32.2. The van der Waals surface area contributed by atoms with Crippen molar-refractivity contribution in [2.75, 3.05) is 18.9 Å². The summed E-state index contributed by atoms with van der Waals surface area (Å²) in [6.45, 7) is 10.6. The molecule has 0 aromatic heterocycles. The number of rotatable bonds is 7. The second kappa shape index (κ2) is 8.44. The van der Waals surface area contributed by atoms with E-state index in [0.29, 0.717) is 18.6 Å². The van der Waals surface area contributed by atoms with Crippen molar-refractivity contribution in [3.63, 3.8) is 0 Å². The van der Waals surface area contributed by atoms with Gasteiger partial charge in [-0.2, -0.15) is 11.8 Å². The van der Waals surface area contributed by atoms with Crippen LogP contribution < -0.4 is 5.32 Å². The Hall–Kier alpha value is 0.270. The average molecular weight is 273 g/mol. The molecule has 1 rings (SSSR count). The molecule has 0 bridgehead atoms. The van der Waals surface area contributed by atoms with Crippen molar-refractivity contribution in [2.45, 2.75) is 58.2 Å². The molecule has 0 aromatic rings. The van der Waals surface area contributed by atoms with Gasteiger partial charge in [0.05, 0.1) is 0 Å². The van der Waals surface area contributed by atoms with Crippen molar-refractivity contribution >= 4 is 11.8 Å². The lowest BCUT2D eigenvalue weighted by Gasteiger charge is -2.40. The van der Waals surface area contributed by atoms with Crippen LogP contribution in [0.4, 0.5) is 0 Å². The Morgan fingerprint density at radius 3 is 2.67 bits per heavy atom. The average Bonchev–Trinajstić information content (AvgIpc) is 2.34. The molecule has 0 spiro atoms. The molecule has 2 nitrogen and oxygen atoms in total. The molecule has 0 aliphatic heterocycles. The Kier molecular flexibility index (Phi) is 7.66. The molecule has 3 heteroatoms. The third-order valence-corrected chi connectivity index (χ3v) is 5.87. The summed E-state index contributed by atoms with van der Waals surface area (Å²) in [5.74, 6) is 3.15. The Morgan fingerprint density at radius 1 is 1.33 bits per heavy atom. The van der Waals surface area contributed by atoms with Crippen LogP contribution in [-0.2, 0) is 0 Å². The fraction of sp³-hybridized carbons (Fsp3) is 1.00. The third kappa shape index (κ3) is 5.10. The van der Waals surface area contributed by atoms with Gasteiger partial charge in [0.15, 0.2) is 0 Å². The van der Waals surface area contributed by atoms with Crippen LogP contribution in [0, 0.1) is 17.8 Å². The number of nitrogens with one attached hydrogen (secondary N) is 1. The van der Waals surface area contributed by atoms with Crippen LogP contribution >= 0.6 is 11.8 Å². The molecule has 0 aromatic carbocycles. The lowest BCUT2D eigenvalue weighted by Crippen LogP contribution is -2.47. The molecule has 108 valence electrons. The first-order chi connectivity index (χ1) is 8.58. The van der Waals surface area contributed by atoms with E-state index in [1.54, 1.807) is 0 Å². The summed E-state index contributed by atoms with van der Waals surface area (Å²) in [6, 6.07) is 0.666. The minimum atomic E-state index is 0.317. The molecule has 1 aliphatic carbocycles. The molecule has 5 atom stereocenters. The number of hydrogen-bond acceptors (Lipinski definition) is 3. The van der Waals surface area contributed by atoms with Gasteiger partial charge in [0.25, 0.3) is 0 Å². The number of aliphatic hydroxyl groups is 1. The number of hydrogen-bond donors (Lipinski definition) is 2. The predicted molar refractivity (Wildman–Crippen MR) is 82.1 cm³/mol. The van der Waals surface area contributed by atoms with E-state index < -0.39 is 0 Å². The Labute approximate surface area is 117 Å². The molecule has 0 radical (unpaired) electrons. The minimum Gasteiger partial charge on any atom is -0.396 e. The van der Waals surface area contributed by atoms with Crippen LogP contribution in [0.15, 0.2) is 0 Å². The first-order valence-corrected chi connectivity index (χ1v) is 8.59. The van der Waals surface area contributed by atoms with Crippen LogP contribution in [0.2, 0.25) is 0 Å². The molecule has 0 heterocycles. The van der Waals surface area contributed by atoms with Gasteiger partial charge in [0.1, 0.15) is 0 Å². The normalized spacial score (nSPS) is 34.5. The molecule has 2 N–H and O–H groups in total. The quantitative estimate of drug-likeness (QED) is 0.747. The van der Waals surface area contributed by atoms with Gasteiger partial charge < -0.3 is 10.4 Å². The molecule has 1 fully saturated rings. The van der Waals surface area contributed by atoms with Crippen LogP contribution in [0.1, 0.15) is 47.0 Å². The monoisotopic (exact) mass is 273 g/mol. The van der Waals surface area contributed by atoms with E-state index in [4.69, 9.17) is 5.11 Å². The van der Waals surface area contributed by atoms with Crippen molar-refractivity contribution < 1.29 is 5.11 Å². The van der Waals surface area contributed by atoms with Gasteiger partial charge in [-0.3, -0.25) is 0 Å². The van der Waals surface area contributed by atoms with Crippen LogP contribution in [-0.4, -0.2) is 35.3 Å². The predicted octanol–water partition coefficient (Wildman–Crippen LogP) is 3.15. The van der Waals surface area contributed by atoms with Crippen LogP contribution in [0.3, 0.4) is 0 Å². The summed E-state index contributed by atoms with van der Waals surface area (Å²) in [5, 5.41) is 13.6. The van der Waals surface area contributed by atoms with Gasteiger partial charge in [0, 0.05) is 17.9 Å². The van der Waals surface area contributed by atoms with E-state index in [-0.39, 0.29) is 0 Å². The summed E-state index contributed by atoms with van der Waals surface area (Å²) < 4.78 is 0. The number of aliphatic hydroxyl groups excluding tert-OH is 1. The van der Waals surface area contributed by atoms with Crippen molar-refractivity contribution in [2.24, 2.45) is 17.8 Å². The van der Waals surface area contributed by atoms with Crippen molar-refractivity contribution in [3.05, 3.63) is 0 Å². The molecule has 0 saturated heterocycles. The molecule has 18 heavy (non-hydrogen) atoms. The highest BCUT2D eigenvalue weighted by Crippen LogP contribution is 2.37. The zero-order chi connectivity index (χ0) is 13.5. The highest BCUT2D eigenvalue weighted by molar-refractivity contribution is 8.00. The van der Waals surface area contributed by atoms with Crippen LogP contribution in [0.25, 0.3) is 0 Å². The molecule has 1 saturated carbocycles. The first kappa shape index (κ1) is 16.3. The van der Waals surface area contributed by atoms with Crippen molar-refractivity contribution in [1.29, 1.82) is 0 Å². The van der Waals surface area contributed by atoms with Gasteiger partial charge in [-0.1, -0.05) is 27.7 Å². The van der Waals surface area contributed by atoms with Crippen molar-refractivity contribution in [3.8, 4) is 0 Å². The van der Waals surface area contributed by atoms with Gasteiger partial charge in [-0.05, 0) is 49.3 Å². The van der Waals surface area contributed by atoms with E-state index in [1.807, 2.05) is 0 Å². The van der Waals surface area contributed by atoms with E-state index >= 15 is 0 Å². The summed E-state index contributed by atoms with van der Waals surface area (Å²) in [7, 11) is 0. The lowest BCUT2D eigenvalue weighted by molar-refractivity contribution is 0.243. The summed E-state index contributed by atoms with van der Waals surface area (Å²) in [4.78, 5) is 0. The summed E-state index contributed by atoms with van der Waals surface area (Å²) in [6.07, 6.45) is 3.88. The maximum atomic E-state index is 9.15. The SMILES string of the molecule is CCCNC1CC(C)CC(C)C1SCC(C)CO. The van der Waals surface area contributed by atoms with Gasteiger partial charge in [-0.15, -0.1) is 0 Å². The van der Waals surface area contributed by atoms with Gasteiger partial charge in [0.2, 0.25) is 0 Å². The highest BCUT2D eigenvalue weighted by Gasteiger charge is 2.33.